The van der Waals surface area contributed by atoms with Gasteiger partial charge >= 0.3 is 19.8 Å². The molecule has 0 fully saturated rings. The molecule has 2 atom stereocenters. The molecule has 0 aromatic carbocycles. The standard InChI is InChI=1S/C31H62NO8P/c1-3-5-7-9-10-11-12-13-14-15-16-17-18-19-20-22-24-31(34)40-29(28-39-41(35,36)38-26-25-32)27-37-30(33)23-21-8-6-4-2/h29H,3-28,32H2,1-2H3,(H,35,36)/t29-/m1/s1. The smallest absolute Gasteiger partial charge is 0.462 e. The van der Waals surface area contributed by atoms with E-state index in [2.05, 4.69) is 13.8 Å². The van der Waals surface area contributed by atoms with E-state index in [1.54, 1.807) is 0 Å². The number of esters is 2. The molecule has 0 aliphatic heterocycles. The summed E-state index contributed by atoms with van der Waals surface area (Å²) in [7, 11) is -4.35. The molecule has 1 unspecified atom stereocenters. The summed E-state index contributed by atoms with van der Waals surface area (Å²) in [5.41, 5.74) is 5.29. The molecule has 244 valence electrons. The number of nitrogens with two attached hydrogens (primary N) is 1. The second kappa shape index (κ2) is 29.1. The third kappa shape index (κ3) is 28.9. The second-order valence-electron chi connectivity index (χ2n) is 11.0. The highest BCUT2D eigenvalue weighted by molar-refractivity contribution is 7.47. The molecule has 0 aromatic rings. The first-order valence-corrected chi connectivity index (χ1v) is 18.0. The highest BCUT2D eigenvalue weighted by atomic mass is 31.2. The molecular formula is C31H62NO8P. The fourth-order valence-corrected chi connectivity index (χ4v) is 5.28. The van der Waals surface area contributed by atoms with Crippen LogP contribution in [0.25, 0.3) is 0 Å². The van der Waals surface area contributed by atoms with Crippen molar-refractivity contribution in [3.63, 3.8) is 0 Å². The molecule has 0 bridgehead atoms. The molecule has 0 saturated carbocycles. The molecule has 3 N–H and O–H groups in total. The molecule has 0 saturated heterocycles. The van der Waals surface area contributed by atoms with Gasteiger partial charge in [-0.05, 0) is 12.8 Å². The van der Waals surface area contributed by atoms with Crippen molar-refractivity contribution in [1.29, 1.82) is 0 Å². The summed E-state index contributed by atoms with van der Waals surface area (Å²) >= 11 is 0. The van der Waals surface area contributed by atoms with Gasteiger partial charge in [0.1, 0.15) is 6.61 Å². The molecule has 0 amide bonds. The SMILES string of the molecule is CCCCCCCCCCCCCCCCCCC(=O)O[C@H](COC(=O)CCCCCC)COP(=O)(O)OCCN. The van der Waals surface area contributed by atoms with E-state index in [1.165, 1.54) is 83.5 Å². The Kier molecular flexibility index (Phi) is 28.4. The number of carbonyl (C=O) groups is 2. The van der Waals surface area contributed by atoms with Crippen molar-refractivity contribution in [3.8, 4) is 0 Å². The lowest BCUT2D eigenvalue weighted by atomic mass is 10.0. The van der Waals surface area contributed by atoms with Crippen LogP contribution >= 0.6 is 7.82 Å². The topological polar surface area (TPSA) is 134 Å². The molecule has 0 radical (unpaired) electrons. The molecule has 9 nitrogen and oxygen atoms in total. The lowest BCUT2D eigenvalue weighted by Crippen LogP contribution is -2.29. The summed E-state index contributed by atoms with van der Waals surface area (Å²) in [5.74, 6) is -0.842. The highest BCUT2D eigenvalue weighted by Crippen LogP contribution is 2.43. The zero-order valence-electron chi connectivity index (χ0n) is 26.3. The minimum Gasteiger partial charge on any atom is -0.462 e. The van der Waals surface area contributed by atoms with Crippen molar-refractivity contribution >= 4 is 19.8 Å². The summed E-state index contributed by atoms with van der Waals surface area (Å²) in [5, 5.41) is 0. The quantitative estimate of drug-likeness (QED) is 0.0454. The van der Waals surface area contributed by atoms with E-state index in [-0.39, 0.29) is 32.6 Å². The highest BCUT2D eigenvalue weighted by Gasteiger charge is 2.25. The number of carbonyl (C=O) groups excluding carboxylic acids is 2. The van der Waals surface area contributed by atoms with Gasteiger partial charge in [0, 0.05) is 19.4 Å². The number of ether oxygens (including phenoxy) is 2. The maximum absolute atomic E-state index is 12.4. The molecule has 0 rings (SSSR count). The van der Waals surface area contributed by atoms with Crippen LogP contribution in [-0.4, -0.2) is 49.3 Å². The van der Waals surface area contributed by atoms with Crippen molar-refractivity contribution in [1.82, 2.24) is 0 Å². The number of hydrogen-bond acceptors (Lipinski definition) is 8. The lowest BCUT2D eigenvalue weighted by Gasteiger charge is -2.19. The fraction of sp³-hybridized carbons (Fsp3) is 0.935. The molecule has 0 aliphatic rings. The number of hydrogen-bond donors (Lipinski definition) is 2. The van der Waals surface area contributed by atoms with Crippen LogP contribution in [0.2, 0.25) is 0 Å². The average molecular weight is 608 g/mol. The van der Waals surface area contributed by atoms with Crippen molar-refractivity contribution in [2.24, 2.45) is 5.73 Å². The summed E-state index contributed by atoms with van der Waals surface area (Å²) in [6.45, 7) is 3.59. The summed E-state index contributed by atoms with van der Waals surface area (Å²) in [6, 6.07) is 0. The molecule has 0 aromatic heterocycles. The zero-order chi connectivity index (χ0) is 30.4. The first-order valence-electron chi connectivity index (χ1n) is 16.5. The predicted molar refractivity (Wildman–Crippen MR) is 165 cm³/mol. The van der Waals surface area contributed by atoms with Gasteiger partial charge < -0.3 is 20.1 Å². The Morgan fingerprint density at radius 1 is 0.634 bits per heavy atom. The Hall–Kier alpha value is -0.990. The summed E-state index contributed by atoms with van der Waals surface area (Å²) in [6.07, 6.45) is 23.4. The first kappa shape index (κ1) is 40.0. The van der Waals surface area contributed by atoms with Crippen molar-refractivity contribution in [3.05, 3.63) is 0 Å². The number of phosphoric ester groups is 1. The van der Waals surface area contributed by atoms with Crippen LogP contribution in [0, 0.1) is 0 Å². The van der Waals surface area contributed by atoms with Crippen LogP contribution in [0.3, 0.4) is 0 Å². The molecule has 10 heteroatoms. The molecule has 0 heterocycles. The van der Waals surface area contributed by atoms with E-state index < -0.39 is 32.5 Å². The van der Waals surface area contributed by atoms with E-state index in [4.69, 9.17) is 24.3 Å². The van der Waals surface area contributed by atoms with E-state index in [0.29, 0.717) is 6.42 Å². The first-order chi connectivity index (χ1) is 19.8. The molecular weight excluding hydrogens is 545 g/mol. The van der Waals surface area contributed by atoms with Crippen LogP contribution in [-0.2, 0) is 32.7 Å². The van der Waals surface area contributed by atoms with E-state index in [9.17, 15) is 19.0 Å². The minimum absolute atomic E-state index is 0.0568. The zero-order valence-corrected chi connectivity index (χ0v) is 27.2. The van der Waals surface area contributed by atoms with Crippen LogP contribution < -0.4 is 5.73 Å². The normalized spacial score (nSPS) is 13.6. The maximum Gasteiger partial charge on any atom is 0.472 e. The van der Waals surface area contributed by atoms with Gasteiger partial charge in [0.2, 0.25) is 0 Å². The summed E-state index contributed by atoms with van der Waals surface area (Å²) < 4.78 is 32.3. The van der Waals surface area contributed by atoms with Crippen molar-refractivity contribution in [2.45, 2.75) is 161 Å². The van der Waals surface area contributed by atoms with Crippen molar-refractivity contribution < 1.29 is 37.6 Å². The number of phosphoric acid groups is 1. The number of rotatable bonds is 31. The third-order valence-electron chi connectivity index (χ3n) is 6.99. The van der Waals surface area contributed by atoms with Gasteiger partial charge in [-0.1, -0.05) is 129 Å². The Labute approximate surface area is 250 Å². The van der Waals surface area contributed by atoms with Crippen LogP contribution in [0.1, 0.15) is 155 Å². The fourth-order valence-electron chi connectivity index (χ4n) is 4.52. The second-order valence-corrected chi connectivity index (χ2v) is 12.5. The monoisotopic (exact) mass is 607 g/mol. The average Bonchev–Trinajstić information content (AvgIpc) is 2.95. The Balaban J connectivity index is 4.08. The van der Waals surface area contributed by atoms with Crippen LogP contribution in [0.4, 0.5) is 0 Å². The van der Waals surface area contributed by atoms with Gasteiger partial charge in [-0.15, -0.1) is 0 Å². The van der Waals surface area contributed by atoms with E-state index in [0.717, 1.165) is 38.5 Å². The minimum atomic E-state index is -4.35. The number of unbranched alkanes of at least 4 members (excludes halogenated alkanes) is 18. The Bertz CT molecular complexity index is 664. The van der Waals surface area contributed by atoms with Crippen LogP contribution in [0.5, 0.6) is 0 Å². The third-order valence-corrected chi connectivity index (χ3v) is 7.98. The molecule has 41 heavy (non-hydrogen) atoms. The van der Waals surface area contributed by atoms with E-state index >= 15 is 0 Å². The van der Waals surface area contributed by atoms with Crippen LogP contribution in [0.15, 0.2) is 0 Å². The Morgan fingerprint density at radius 2 is 1.05 bits per heavy atom. The molecule has 0 aliphatic carbocycles. The van der Waals surface area contributed by atoms with E-state index in [1.807, 2.05) is 0 Å². The molecule has 0 spiro atoms. The maximum atomic E-state index is 12.4. The van der Waals surface area contributed by atoms with Gasteiger partial charge in [0.05, 0.1) is 13.2 Å². The van der Waals surface area contributed by atoms with Gasteiger partial charge in [0.15, 0.2) is 6.10 Å². The van der Waals surface area contributed by atoms with Crippen molar-refractivity contribution in [2.75, 3.05) is 26.4 Å². The summed E-state index contributed by atoms with van der Waals surface area (Å²) in [4.78, 5) is 34.2. The lowest BCUT2D eigenvalue weighted by molar-refractivity contribution is -0.161. The van der Waals surface area contributed by atoms with Gasteiger partial charge in [-0.2, -0.15) is 0 Å². The van der Waals surface area contributed by atoms with Gasteiger partial charge in [0.25, 0.3) is 0 Å². The van der Waals surface area contributed by atoms with Gasteiger partial charge in [-0.25, -0.2) is 4.57 Å². The van der Waals surface area contributed by atoms with Gasteiger partial charge in [-0.3, -0.25) is 18.6 Å². The largest absolute Gasteiger partial charge is 0.472 e. The Morgan fingerprint density at radius 3 is 1.51 bits per heavy atom. The predicted octanol–water partition coefficient (Wildman–Crippen LogP) is 8.16.